The van der Waals surface area contributed by atoms with Gasteiger partial charge in [-0.2, -0.15) is 0 Å². The quantitative estimate of drug-likeness (QED) is 0.380. The molecule has 2 rings (SSSR count). The van der Waals surface area contributed by atoms with Crippen molar-refractivity contribution in [2.45, 2.75) is 6.54 Å². The Morgan fingerprint density at radius 3 is 2.84 bits per heavy atom. The van der Waals surface area contributed by atoms with Gasteiger partial charge < -0.3 is 5.32 Å². The van der Waals surface area contributed by atoms with Gasteiger partial charge in [0.1, 0.15) is 17.5 Å². The van der Waals surface area contributed by atoms with E-state index >= 15 is 0 Å². The largest absolute Gasteiger partial charge is 0.365 e. The minimum absolute atomic E-state index is 0.255. The van der Waals surface area contributed by atoms with Crippen molar-refractivity contribution in [1.29, 1.82) is 5.41 Å². The highest BCUT2D eigenvalue weighted by atomic mass is 19.1. The molecule has 0 aliphatic rings. The Morgan fingerprint density at radius 1 is 1.37 bits per heavy atom. The molecule has 1 aromatic heterocycles. The molecular formula is C12H12FN5O. The second-order valence-corrected chi connectivity index (χ2v) is 3.74. The normalized spacial score (nSPS) is 10.0. The van der Waals surface area contributed by atoms with Crippen LogP contribution in [0.5, 0.6) is 0 Å². The van der Waals surface area contributed by atoms with E-state index in [4.69, 9.17) is 10.6 Å². The van der Waals surface area contributed by atoms with Crippen LogP contribution in [-0.4, -0.2) is 21.0 Å². The fraction of sp³-hybridized carbons (Fsp3) is 0.0833. The van der Waals surface area contributed by atoms with Gasteiger partial charge in [-0.15, -0.1) is 0 Å². The number of halogens is 1. The molecule has 19 heavy (non-hydrogen) atoms. The molecule has 98 valence electrons. The predicted octanol–water partition coefficient (Wildman–Crippen LogP) is 1.53. The van der Waals surface area contributed by atoms with E-state index < -0.39 is 5.82 Å². The lowest BCUT2D eigenvalue weighted by Crippen LogP contribution is -2.19. The number of hydroxylamine groups is 1. The monoisotopic (exact) mass is 261 g/mol. The molecule has 0 saturated carbocycles. The molecule has 4 N–H and O–H groups in total. The zero-order valence-corrected chi connectivity index (χ0v) is 9.89. The van der Waals surface area contributed by atoms with Crippen LogP contribution in [0.3, 0.4) is 0 Å². The number of anilines is 1. The highest BCUT2D eigenvalue weighted by molar-refractivity contribution is 5.95. The van der Waals surface area contributed by atoms with Gasteiger partial charge in [0.15, 0.2) is 0 Å². The summed E-state index contributed by atoms with van der Waals surface area (Å²) in [5.74, 6) is -0.169. The third-order valence-corrected chi connectivity index (χ3v) is 2.48. The van der Waals surface area contributed by atoms with Crippen molar-refractivity contribution in [3.05, 3.63) is 53.7 Å². The second-order valence-electron chi connectivity index (χ2n) is 3.74. The van der Waals surface area contributed by atoms with Crippen molar-refractivity contribution in [2.24, 2.45) is 0 Å². The number of amidine groups is 1. The van der Waals surface area contributed by atoms with Crippen LogP contribution in [0.2, 0.25) is 0 Å². The highest BCUT2D eigenvalue weighted by Gasteiger charge is 2.06. The standard InChI is InChI=1S/C12H12FN5O/c13-10-5-8(12(14)18-19)1-2-9(10)6-17-11-7-15-3-4-16-11/h1-5,7,19H,6H2,(H2,14,18)(H,16,17). The number of hydrogen-bond acceptors (Lipinski definition) is 5. The Kier molecular flexibility index (Phi) is 3.99. The van der Waals surface area contributed by atoms with E-state index in [0.29, 0.717) is 11.4 Å². The van der Waals surface area contributed by atoms with E-state index in [-0.39, 0.29) is 17.9 Å². The van der Waals surface area contributed by atoms with Crippen LogP contribution in [0.4, 0.5) is 10.2 Å². The molecule has 0 amide bonds. The molecule has 1 aromatic carbocycles. The average Bonchev–Trinajstić information content (AvgIpc) is 2.46. The fourth-order valence-corrected chi connectivity index (χ4v) is 1.49. The fourth-order valence-electron chi connectivity index (χ4n) is 1.49. The predicted molar refractivity (Wildman–Crippen MR) is 67.5 cm³/mol. The van der Waals surface area contributed by atoms with Crippen molar-refractivity contribution >= 4 is 11.7 Å². The first kappa shape index (κ1) is 12.9. The third kappa shape index (κ3) is 3.23. The summed E-state index contributed by atoms with van der Waals surface area (Å²) in [7, 11) is 0. The number of nitrogens with one attached hydrogen (secondary N) is 3. The zero-order chi connectivity index (χ0) is 13.7. The Morgan fingerprint density at radius 2 is 2.21 bits per heavy atom. The molecule has 0 fully saturated rings. The van der Waals surface area contributed by atoms with Crippen molar-refractivity contribution in [1.82, 2.24) is 15.4 Å². The van der Waals surface area contributed by atoms with Gasteiger partial charge in [0.2, 0.25) is 0 Å². The molecular weight excluding hydrogens is 249 g/mol. The van der Waals surface area contributed by atoms with Crippen LogP contribution in [0.25, 0.3) is 0 Å². The van der Waals surface area contributed by atoms with E-state index in [2.05, 4.69) is 15.3 Å². The molecule has 0 atom stereocenters. The van der Waals surface area contributed by atoms with E-state index in [0.717, 1.165) is 0 Å². The molecule has 1 heterocycles. The summed E-state index contributed by atoms with van der Waals surface area (Å²) in [5.41, 5.74) is 2.37. The van der Waals surface area contributed by atoms with Gasteiger partial charge in [-0.25, -0.2) is 9.37 Å². The first-order valence-corrected chi connectivity index (χ1v) is 5.48. The number of hydrogen-bond donors (Lipinski definition) is 4. The molecule has 0 bridgehead atoms. The average molecular weight is 261 g/mol. The van der Waals surface area contributed by atoms with Crippen LogP contribution in [0.1, 0.15) is 11.1 Å². The van der Waals surface area contributed by atoms with Gasteiger partial charge in [-0.1, -0.05) is 12.1 Å². The molecule has 7 heteroatoms. The summed E-state index contributed by atoms with van der Waals surface area (Å²) >= 11 is 0. The van der Waals surface area contributed by atoms with Gasteiger partial charge in [-0.05, 0) is 6.07 Å². The van der Waals surface area contributed by atoms with Crippen molar-refractivity contribution < 1.29 is 9.60 Å². The summed E-state index contributed by atoms with van der Waals surface area (Å²) in [6.07, 6.45) is 4.63. The van der Waals surface area contributed by atoms with Crippen LogP contribution in [-0.2, 0) is 6.54 Å². The molecule has 0 radical (unpaired) electrons. The Labute approximate surface area is 108 Å². The Bertz CT molecular complexity index is 576. The zero-order valence-electron chi connectivity index (χ0n) is 9.89. The summed E-state index contributed by atoms with van der Waals surface area (Å²) in [4.78, 5) is 7.89. The first-order valence-electron chi connectivity index (χ1n) is 5.48. The molecule has 0 spiro atoms. The summed E-state index contributed by atoms with van der Waals surface area (Å²) in [6.45, 7) is 0.255. The minimum atomic E-state index is -0.464. The van der Waals surface area contributed by atoms with Gasteiger partial charge >= 0.3 is 0 Å². The summed E-state index contributed by atoms with van der Waals surface area (Å²) in [5, 5.41) is 18.8. The van der Waals surface area contributed by atoms with Crippen LogP contribution >= 0.6 is 0 Å². The third-order valence-electron chi connectivity index (χ3n) is 2.48. The maximum atomic E-state index is 13.8. The molecule has 0 saturated heterocycles. The van der Waals surface area contributed by atoms with Crippen LogP contribution in [0.15, 0.2) is 36.8 Å². The maximum Gasteiger partial charge on any atom is 0.149 e. The second kappa shape index (κ2) is 5.87. The smallest absolute Gasteiger partial charge is 0.149 e. The van der Waals surface area contributed by atoms with Crippen LogP contribution in [0, 0.1) is 11.2 Å². The molecule has 6 nitrogen and oxygen atoms in total. The first-order chi connectivity index (χ1) is 9.20. The van der Waals surface area contributed by atoms with Crippen molar-refractivity contribution in [3.8, 4) is 0 Å². The lowest BCUT2D eigenvalue weighted by Gasteiger charge is -2.08. The van der Waals surface area contributed by atoms with Crippen LogP contribution < -0.4 is 10.8 Å². The van der Waals surface area contributed by atoms with Gasteiger partial charge in [-0.3, -0.25) is 21.1 Å². The van der Waals surface area contributed by atoms with Gasteiger partial charge in [0.05, 0.1) is 6.20 Å². The lowest BCUT2D eigenvalue weighted by molar-refractivity contribution is 0.234. The molecule has 0 aliphatic heterocycles. The summed E-state index contributed by atoms with van der Waals surface area (Å²) < 4.78 is 13.8. The van der Waals surface area contributed by atoms with Gasteiger partial charge in [0, 0.05) is 30.1 Å². The molecule has 2 aromatic rings. The van der Waals surface area contributed by atoms with Crippen molar-refractivity contribution in [2.75, 3.05) is 5.32 Å². The number of rotatable bonds is 4. The SMILES string of the molecule is N=C(NO)c1ccc(CNc2cnccn2)c(F)c1. The Balaban J connectivity index is 2.07. The topological polar surface area (TPSA) is 93.9 Å². The number of benzene rings is 1. The molecule has 0 unspecified atom stereocenters. The highest BCUT2D eigenvalue weighted by Crippen LogP contribution is 2.12. The molecule has 0 aliphatic carbocycles. The maximum absolute atomic E-state index is 13.8. The van der Waals surface area contributed by atoms with E-state index in [1.54, 1.807) is 23.8 Å². The summed E-state index contributed by atoms with van der Waals surface area (Å²) in [6, 6.07) is 4.27. The lowest BCUT2D eigenvalue weighted by atomic mass is 10.1. The number of nitrogens with zero attached hydrogens (tertiary/aromatic N) is 2. The van der Waals surface area contributed by atoms with Gasteiger partial charge in [0.25, 0.3) is 0 Å². The van der Waals surface area contributed by atoms with Crippen molar-refractivity contribution in [3.63, 3.8) is 0 Å². The minimum Gasteiger partial charge on any atom is -0.365 e. The Hall–Kier alpha value is -2.54. The van der Waals surface area contributed by atoms with E-state index in [9.17, 15) is 4.39 Å². The van der Waals surface area contributed by atoms with E-state index in [1.807, 2.05) is 0 Å². The number of aromatic nitrogens is 2. The van der Waals surface area contributed by atoms with E-state index in [1.165, 1.54) is 18.5 Å².